The predicted molar refractivity (Wildman–Crippen MR) is 76.0 cm³/mol. The number of amides is 2. The number of benzene rings is 1. The van der Waals surface area contributed by atoms with Crippen molar-refractivity contribution >= 4 is 17.7 Å². The zero-order valence-electron chi connectivity index (χ0n) is 11.8. The number of carboxylic acids is 1. The number of nitriles is 1. The molecule has 0 fully saturated rings. The number of carbonyl (C=O) groups excluding carboxylic acids is 1. The molecule has 1 unspecified atom stereocenters. The number of urea groups is 1. The summed E-state index contributed by atoms with van der Waals surface area (Å²) in [6.07, 6.45) is 0.163. The van der Waals surface area contributed by atoms with Crippen LogP contribution in [0.3, 0.4) is 0 Å². The van der Waals surface area contributed by atoms with Crippen molar-refractivity contribution < 1.29 is 19.4 Å². The van der Waals surface area contributed by atoms with E-state index in [9.17, 15) is 9.59 Å². The maximum Gasteiger partial charge on any atom is 0.326 e. The molecule has 0 saturated heterocycles. The number of rotatable bonds is 6. The van der Waals surface area contributed by atoms with Crippen LogP contribution in [0.15, 0.2) is 18.2 Å². The maximum absolute atomic E-state index is 11.8. The zero-order valence-corrected chi connectivity index (χ0v) is 11.8. The first-order valence-electron chi connectivity index (χ1n) is 6.28. The van der Waals surface area contributed by atoms with Crippen molar-refractivity contribution in [1.29, 1.82) is 5.26 Å². The molecule has 0 aromatic heterocycles. The number of carboxylic acid groups (broad SMARTS) is 1. The Kier molecular flexibility index (Phi) is 6.17. The molecule has 3 N–H and O–H groups in total. The van der Waals surface area contributed by atoms with E-state index in [1.165, 1.54) is 13.2 Å². The van der Waals surface area contributed by atoms with E-state index in [-0.39, 0.29) is 13.0 Å². The fourth-order valence-electron chi connectivity index (χ4n) is 1.64. The predicted octanol–water partition coefficient (Wildman–Crippen LogP) is 1.48. The summed E-state index contributed by atoms with van der Waals surface area (Å²) in [5.74, 6) is -1.13. The molecule has 0 aliphatic rings. The Bertz CT molecular complexity index is 566. The maximum atomic E-state index is 11.8. The van der Waals surface area contributed by atoms with Gasteiger partial charge in [0, 0.05) is 25.8 Å². The van der Waals surface area contributed by atoms with Crippen LogP contribution in [0, 0.1) is 18.3 Å². The number of anilines is 1. The second-order valence-corrected chi connectivity index (χ2v) is 4.41. The molecule has 0 aliphatic heterocycles. The van der Waals surface area contributed by atoms with Gasteiger partial charge < -0.3 is 20.5 Å². The molecule has 2 amide bonds. The summed E-state index contributed by atoms with van der Waals surface area (Å²) >= 11 is 0. The van der Waals surface area contributed by atoms with Gasteiger partial charge in [0.25, 0.3) is 0 Å². The highest BCUT2D eigenvalue weighted by Gasteiger charge is 2.19. The molecule has 0 bridgehead atoms. The number of aryl methyl sites for hydroxylation is 1. The Morgan fingerprint density at radius 3 is 2.76 bits per heavy atom. The number of hydrogen-bond donors (Lipinski definition) is 3. The zero-order chi connectivity index (χ0) is 15.8. The highest BCUT2D eigenvalue weighted by Crippen LogP contribution is 2.16. The smallest absolute Gasteiger partial charge is 0.326 e. The van der Waals surface area contributed by atoms with Gasteiger partial charge in [-0.05, 0) is 24.6 Å². The molecule has 0 heterocycles. The molecule has 0 aliphatic carbocycles. The van der Waals surface area contributed by atoms with Crippen LogP contribution in [-0.4, -0.2) is 36.9 Å². The number of aliphatic carboxylic acids is 1. The van der Waals surface area contributed by atoms with Crippen molar-refractivity contribution in [3.05, 3.63) is 29.3 Å². The second kappa shape index (κ2) is 7.87. The van der Waals surface area contributed by atoms with Crippen LogP contribution in [0.25, 0.3) is 0 Å². The van der Waals surface area contributed by atoms with Crippen molar-refractivity contribution in [1.82, 2.24) is 5.32 Å². The minimum absolute atomic E-state index is 0.163. The van der Waals surface area contributed by atoms with Gasteiger partial charge in [-0.15, -0.1) is 0 Å². The molecule has 0 saturated carbocycles. The van der Waals surface area contributed by atoms with Crippen molar-refractivity contribution in [2.75, 3.05) is 19.0 Å². The van der Waals surface area contributed by atoms with Crippen LogP contribution in [0.1, 0.15) is 17.5 Å². The summed E-state index contributed by atoms with van der Waals surface area (Å²) in [5, 5.41) is 22.7. The van der Waals surface area contributed by atoms with Gasteiger partial charge in [0.1, 0.15) is 6.04 Å². The van der Waals surface area contributed by atoms with Crippen molar-refractivity contribution in [3.63, 3.8) is 0 Å². The highest BCUT2D eigenvalue weighted by molar-refractivity contribution is 5.93. The minimum Gasteiger partial charge on any atom is -0.480 e. The van der Waals surface area contributed by atoms with E-state index in [1.807, 2.05) is 6.07 Å². The molecule has 0 radical (unpaired) electrons. The summed E-state index contributed by atoms with van der Waals surface area (Å²) in [7, 11) is 1.45. The highest BCUT2D eigenvalue weighted by atomic mass is 16.5. The normalized spacial score (nSPS) is 11.3. The molecule has 112 valence electrons. The first kappa shape index (κ1) is 16.5. The Balaban J connectivity index is 2.72. The van der Waals surface area contributed by atoms with Gasteiger partial charge in [-0.25, -0.2) is 9.59 Å². The van der Waals surface area contributed by atoms with E-state index in [4.69, 9.17) is 15.1 Å². The molecular weight excluding hydrogens is 274 g/mol. The lowest BCUT2D eigenvalue weighted by molar-refractivity contribution is -0.139. The van der Waals surface area contributed by atoms with Gasteiger partial charge in [0.15, 0.2) is 0 Å². The fourth-order valence-corrected chi connectivity index (χ4v) is 1.64. The molecule has 1 aromatic rings. The van der Waals surface area contributed by atoms with E-state index >= 15 is 0 Å². The van der Waals surface area contributed by atoms with E-state index in [1.54, 1.807) is 19.1 Å². The Hall–Kier alpha value is -2.59. The van der Waals surface area contributed by atoms with Crippen molar-refractivity contribution in [2.24, 2.45) is 0 Å². The number of nitrogens with one attached hydrogen (secondary N) is 2. The third kappa shape index (κ3) is 5.12. The molecule has 7 heteroatoms. The van der Waals surface area contributed by atoms with Crippen LogP contribution in [-0.2, 0) is 9.53 Å². The minimum atomic E-state index is -1.13. The average Bonchev–Trinajstić information content (AvgIpc) is 2.45. The number of ether oxygens (including phenoxy) is 1. The first-order chi connectivity index (χ1) is 9.97. The quantitative estimate of drug-likeness (QED) is 0.735. The Morgan fingerprint density at radius 2 is 2.19 bits per heavy atom. The third-order valence-corrected chi connectivity index (χ3v) is 2.83. The number of carbonyl (C=O) groups is 2. The van der Waals surface area contributed by atoms with Crippen molar-refractivity contribution in [2.45, 2.75) is 19.4 Å². The summed E-state index contributed by atoms with van der Waals surface area (Å²) in [4.78, 5) is 22.9. The summed E-state index contributed by atoms with van der Waals surface area (Å²) in [5.41, 5.74) is 1.64. The Labute approximate surface area is 122 Å². The number of nitrogens with zero attached hydrogens (tertiary/aromatic N) is 1. The first-order valence-corrected chi connectivity index (χ1v) is 6.28. The molecule has 1 rings (SSSR count). The number of hydrogen-bond acceptors (Lipinski definition) is 4. The third-order valence-electron chi connectivity index (χ3n) is 2.83. The summed E-state index contributed by atoms with van der Waals surface area (Å²) < 4.78 is 4.80. The van der Waals surface area contributed by atoms with Gasteiger partial charge in [-0.2, -0.15) is 5.26 Å². The molecule has 0 spiro atoms. The van der Waals surface area contributed by atoms with E-state index < -0.39 is 18.0 Å². The van der Waals surface area contributed by atoms with Gasteiger partial charge in [-0.3, -0.25) is 0 Å². The van der Waals surface area contributed by atoms with Crippen LogP contribution in [0.2, 0.25) is 0 Å². The standard InChI is InChI=1S/C14H17N3O4/c1-9-3-4-10(8-15)7-12(9)17-14(20)16-11(13(18)19)5-6-21-2/h3-4,7,11H,5-6H2,1-2H3,(H,18,19)(H2,16,17,20). The SMILES string of the molecule is COCCC(NC(=O)Nc1cc(C#N)ccc1C)C(=O)O. The number of methoxy groups -OCH3 is 1. The molecule has 21 heavy (non-hydrogen) atoms. The molecule has 7 nitrogen and oxygen atoms in total. The van der Waals surface area contributed by atoms with Gasteiger partial charge in [0.05, 0.1) is 11.6 Å². The van der Waals surface area contributed by atoms with Crippen molar-refractivity contribution in [3.8, 4) is 6.07 Å². The second-order valence-electron chi connectivity index (χ2n) is 4.41. The molecular formula is C14H17N3O4. The lowest BCUT2D eigenvalue weighted by Gasteiger charge is -2.15. The van der Waals surface area contributed by atoms with Crippen LogP contribution in [0.4, 0.5) is 10.5 Å². The monoisotopic (exact) mass is 291 g/mol. The topological polar surface area (TPSA) is 111 Å². The fraction of sp³-hybridized carbons (Fsp3) is 0.357. The van der Waals surface area contributed by atoms with Gasteiger partial charge in [-0.1, -0.05) is 6.07 Å². The summed E-state index contributed by atoms with van der Waals surface area (Å²) in [6, 6.07) is 5.16. The molecule has 1 aromatic carbocycles. The Morgan fingerprint density at radius 1 is 1.48 bits per heavy atom. The van der Waals surface area contributed by atoms with E-state index in [0.717, 1.165) is 5.56 Å². The average molecular weight is 291 g/mol. The van der Waals surface area contributed by atoms with Crippen LogP contribution < -0.4 is 10.6 Å². The largest absolute Gasteiger partial charge is 0.480 e. The van der Waals surface area contributed by atoms with Crippen LogP contribution >= 0.6 is 0 Å². The molecule has 1 atom stereocenters. The lowest BCUT2D eigenvalue weighted by atomic mass is 10.1. The van der Waals surface area contributed by atoms with Gasteiger partial charge in [0.2, 0.25) is 0 Å². The lowest BCUT2D eigenvalue weighted by Crippen LogP contribution is -2.43. The summed E-state index contributed by atoms with van der Waals surface area (Å²) in [6.45, 7) is 2.00. The van der Waals surface area contributed by atoms with Crippen LogP contribution in [0.5, 0.6) is 0 Å². The van der Waals surface area contributed by atoms with E-state index in [2.05, 4.69) is 10.6 Å². The van der Waals surface area contributed by atoms with E-state index in [0.29, 0.717) is 11.3 Å². The van der Waals surface area contributed by atoms with Gasteiger partial charge >= 0.3 is 12.0 Å².